The lowest BCUT2D eigenvalue weighted by molar-refractivity contribution is 0.157. The van der Waals surface area contributed by atoms with E-state index >= 15 is 0 Å². The average molecular weight is 482 g/mol. The van der Waals surface area contributed by atoms with Gasteiger partial charge >= 0.3 is 0 Å². The van der Waals surface area contributed by atoms with Crippen LogP contribution in [0.3, 0.4) is 0 Å². The molecular weight excluding hydrogens is 446 g/mol. The lowest BCUT2D eigenvalue weighted by Gasteiger charge is -2.34. The molecule has 0 amide bonds. The van der Waals surface area contributed by atoms with E-state index < -0.39 is 0 Å². The van der Waals surface area contributed by atoms with Crippen molar-refractivity contribution in [1.82, 2.24) is 34.9 Å². The molecule has 7 heteroatoms. The van der Waals surface area contributed by atoms with E-state index in [4.69, 9.17) is 4.98 Å². The molecule has 0 saturated heterocycles. The molecule has 1 unspecified atom stereocenters. The summed E-state index contributed by atoms with van der Waals surface area (Å²) < 4.78 is 2.14. The first-order valence-corrected chi connectivity index (χ1v) is 13.0. The van der Waals surface area contributed by atoms with Crippen molar-refractivity contribution in [3.63, 3.8) is 0 Å². The van der Waals surface area contributed by atoms with Gasteiger partial charge in [0.1, 0.15) is 5.82 Å². The number of nitrogens with zero attached hydrogens (tertiary/aromatic N) is 6. The van der Waals surface area contributed by atoms with Crippen LogP contribution in [0, 0.1) is 0 Å². The van der Waals surface area contributed by atoms with Gasteiger partial charge in [-0.1, -0.05) is 42.5 Å². The number of hydrogen-bond acceptors (Lipinski definition) is 6. The van der Waals surface area contributed by atoms with Gasteiger partial charge in [0, 0.05) is 31.5 Å². The van der Waals surface area contributed by atoms with Crippen LogP contribution in [0.15, 0.2) is 73.1 Å². The minimum atomic E-state index is 0.313. The molecule has 36 heavy (non-hydrogen) atoms. The normalized spacial score (nSPS) is 15.2. The number of unbranched alkanes of at least 4 members (excludes halogenated alkanes) is 1. The highest BCUT2D eigenvalue weighted by molar-refractivity contribution is 5.54. The maximum atomic E-state index is 4.83. The van der Waals surface area contributed by atoms with Crippen molar-refractivity contribution >= 4 is 0 Å². The number of aryl methyl sites for hydroxylation is 1. The SMILES string of the molecule is Cn1c(CN(CCCCNCc2ccccn2)C2CCCc3cccnc32)nnc1-c1ccccc1. The van der Waals surface area contributed by atoms with E-state index in [1.165, 1.54) is 17.7 Å². The minimum Gasteiger partial charge on any atom is -0.313 e. The van der Waals surface area contributed by atoms with Crippen molar-refractivity contribution < 1.29 is 0 Å². The Morgan fingerprint density at radius 3 is 2.67 bits per heavy atom. The molecule has 7 nitrogen and oxygen atoms in total. The monoisotopic (exact) mass is 481 g/mol. The first-order valence-electron chi connectivity index (χ1n) is 13.0. The number of hydrogen-bond donors (Lipinski definition) is 1. The predicted octanol–water partition coefficient (Wildman–Crippen LogP) is 4.72. The largest absolute Gasteiger partial charge is 0.313 e. The highest BCUT2D eigenvalue weighted by Gasteiger charge is 2.28. The molecule has 0 bridgehead atoms. The van der Waals surface area contributed by atoms with Crippen molar-refractivity contribution in [2.45, 2.75) is 51.2 Å². The van der Waals surface area contributed by atoms with Crippen LogP contribution in [0.2, 0.25) is 0 Å². The maximum absolute atomic E-state index is 4.83. The maximum Gasteiger partial charge on any atom is 0.163 e. The third-order valence-corrected chi connectivity index (χ3v) is 7.03. The molecular formula is C29H35N7. The molecule has 0 spiro atoms. The molecule has 1 aromatic carbocycles. The fourth-order valence-corrected chi connectivity index (χ4v) is 5.09. The fourth-order valence-electron chi connectivity index (χ4n) is 5.09. The number of pyridine rings is 2. The summed E-state index contributed by atoms with van der Waals surface area (Å²) in [5, 5.41) is 12.7. The molecule has 0 saturated carbocycles. The molecule has 1 aliphatic rings. The van der Waals surface area contributed by atoms with E-state index in [-0.39, 0.29) is 0 Å². The van der Waals surface area contributed by atoms with E-state index in [2.05, 4.69) is 67.3 Å². The van der Waals surface area contributed by atoms with Gasteiger partial charge in [-0.25, -0.2) is 0 Å². The molecule has 3 aromatic heterocycles. The zero-order valence-corrected chi connectivity index (χ0v) is 21.1. The van der Waals surface area contributed by atoms with Crippen LogP contribution in [0.1, 0.15) is 54.5 Å². The van der Waals surface area contributed by atoms with Crippen LogP contribution >= 0.6 is 0 Å². The van der Waals surface area contributed by atoms with Crippen LogP contribution in [-0.4, -0.2) is 42.7 Å². The summed E-state index contributed by atoms with van der Waals surface area (Å²) in [6.07, 6.45) is 9.45. The summed E-state index contributed by atoms with van der Waals surface area (Å²) >= 11 is 0. The highest BCUT2D eigenvalue weighted by atomic mass is 15.3. The highest BCUT2D eigenvalue weighted by Crippen LogP contribution is 2.34. The quantitative estimate of drug-likeness (QED) is 0.313. The summed E-state index contributed by atoms with van der Waals surface area (Å²) in [7, 11) is 2.07. The van der Waals surface area contributed by atoms with Crippen LogP contribution < -0.4 is 5.32 Å². The molecule has 5 rings (SSSR count). The Balaban J connectivity index is 1.26. The lowest BCUT2D eigenvalue weighted by Crippen LogP contribution is -2.33. The van der Waals surface area contributed by atoms with Crippen molar-refractivity contribution in [2.75, 3.05) is 13.1 Å². The number of aromatic nitrogens is 5. The van der Waals surface area contributed by atoms with Gasteiger partial charge in [0.25, 0.3) is 0 Å². The van der Waals surface area contributed by atoms with Gasteiger partial charge in [0.05, 0.1) is 24.0 Å². The van der Waals surface area contributed by atoms with Gasteiger partial charge in [-0.2, -0.15) is 0 Å². The molecule has 186 valence electrons. The van der Waals surface area contributed by atoms with Crippen molar-refractivity contribution in [3.8, 4) is 11.4 Å². The molecule has 0 fully saturated rings. The average Bonchev–Trinajstić information content (AvgIpc) is 3.30. The van der Waals surface area contributed by atoms with Crippen LogP contribution in [0.5, 0.6) is 0 Å². The van der Waals surface area contributed by atoms with Crippen molar-refractivity contribution in [3.05, 3.63) is 95.8 Å². The summed E-state index contributed by atoms with van der Waals surface area (Å²) in [5.41, 5.74) is 4.80. The number of benzene rings is 1. The molecule has 0 radical (unpaired) electrons. The summed E-state index contributed by atoms with van der Waals surface area (Å²) in [4.78, 5) is 11.8. The van der Waals surface area contributed by atoms with Crippen LogP contribution in [-0.2, 0) is 26.6 Å². The molecule has 0 aliphatic heterocycles. The second-order valence-corrected chi connectivity index (χ2v) is 9.50. The van der Waals surface area contributed by atoms with E-state index in [9.17, 15) is 0 Å². The van der Waals surface area contributed by atoms with Crippen LogP contribution in [0.4, 0.5) is 0 Å². The second-order valence-electron chi connectivity index (χ2n) is 9.50. The van der Waals surface area contributed by atoms with E-state index in [1.54, 1.807) is 0 Å². The van der Waals surface area contributed by atoms with E-state index in [1.807, 2.05) is 42.7 Å². The van der Waals surface area contributed by atoms with Gasteiger partial charge < -0.3 is 9.88 Å². The summed E-state index contributed by atoms with van der Waals surface area (Å²) in [5.74, 6) is 1.90. The molecule has 4 aromatic rings. The fraction of sp³-hybridized carbons (Fsp3) is 0.379. The minimum absolute atomic E-state index is 0.313. The summed E-state index contributed by atoms with van der Waals surface area (Å²) in [6, 6.07) is 21.0. The Morgan fingerprint density at radius 1 is 0.944 bits per heavy atom. The van der Waals surface area contributed by atoms with E-state index in [0.29, 0.717) is 6.04 Å². The number of fused-ring (bicyclic) bond motifs is 1. The third kappa shape index (κ3) is 5.86. The van der Waals surface area contributed by atoms with Crippen molar-refractivity contribution in [1.29, 1.82) is 0 Å². The molecule has 1 N–H and O–H groups in total. The molecule has 1 aliphatic carbocycles. The Bertz CT molecular complexity index is 1220. The standard InChI is InChI=1S/C29H35N7/c1-35-27(33-34-29(35)24-11-3-2-4-12-24)22-36(26-16-9-13-23-14-10-19-32-28(23)26)20-8-7-17-30-21-25-15-5-6-18-31-25/h2-6,10-12,14-15,18-19,26,30H,7-9,13,16-17,20-22H2,1H3. The van der Waals surface area contributed by atoms with Gasteiger partial charge in [-0.05, 0) is 69.0 Å². The van der Waals surface area contributed by atoms with Gasteiger partial charge in [-0.15, -0.1) is 10.2 Å². The molecule has 3 heterocycles. The Kier molecular flexibility index (Phi) is 8.10. The zero-order valence-electron chi connectivity index (χ0n) is 21.1. The van der Waals surface area contributed by atoms with Gasteiger partial charge in [0.2, 0.25) is 0 Å². The van der Waals surface area contributed by atoms with Gasteiger partial charge in [-0.3, -0.25) is 14.9 Å². The number of rotatable bonds is 11. The Morgan fingerprint density at radius 2 is 1.81 bits per heavy atom. The zero-order chi connectivity index (χ0) is 24.6. The van der Waals surface area contributed by atoms with E-state index in [0.717, 1.165) is 74.8 Å². The number of nitrogens with one attached hydrogen (secondary N) is 1. The summed E-state index contributed by atoms with van der Waals surface area (Å²) in [6.45, 7) is 3.55. The lowest BCUT2D eigenvalue weighted by atomic mass is 9.90. The topological polar surface area (TPSA) is 71.8 Å². The smallest absolute Gasteiger partial charge is 0.163 e. The van der Waals surface area contributed by atoms with Crippen LogP contribution in [0.25, 0.3) is 11.4 Å². The molecule has 1 atom stereocenters. The Hall–Kier alpha value is -3.42. The first-order chi connectivity index (χ1) is 17.8. The Labute approximate surface area is 213 Å². The first kappa shape index (κ1) is 24.3. The van der Waals surface area contributed by atoms with Crippen molar-refractivity contribution in [2.24, 2.45) is 7.05 Å². The third-order valence-electron chi connectivity index (χ3n) is 7.03. The second kappa shape index (κ2) is 12.0. The van der Waals surface area contributed by atoms with Gasteiger partial charge in [0.15, 0.2) is 5.82 Å². The predicted molar refractivity (Wildman–Crippen MR) is 142 cm³/mol.